The maximum atomic E-state index is 12.0. The number of fused-ring (bicyclic) bond motifs is 1. The van der Waals surface area contributed by atoms with E-state index in [9.17, 15) is 4.79 Å². The number of hydrogen-bond acceptors (Lipinski definition) is 9. The maximum Gasteiger partial charge on any atom is 0.247 e. The topological polar surface area (TPSA) is 137 Å². The predicted octanol–water partition coefficient (Wildman–Crippen LogP) is 3.74. The lowest BCUT2D eigenvalue weighted by Gasteiger charge is -2.17. The van der Waals surface area contributed by atoms with Crippen molar-refractivity contribution in [1.82, 2.24) is 34.7 Å². The predicted molar refractivity (Wildman–Crippen MR) is 146 cm³/mol. The number of nitrogens with zero attached hydrogens (tertiary/aromatic N) is 7. The number of ether oxygens (including phenoxy) is 1. The molecule has 0 aliphatic heterocycles. The lowest BCUT2D eigenvalue weighted by atomic mass is 10.1. The fraction of sp³-hybridized carbons (Fsp3) is 0.154. The molecule has 1 amide bonds. The van der Waals surface area contributed by atoms with Crippen molar-refractivity contribution < 1.29 is 9.53 Å². The Balaban J connectivity index is 1.64. The van der Waals surface area contributed by atoms with Gasteiger partial charge in [0, 0.05) is 49.0 Å². The third-order valence-electron chi connectivity index (χ3n) is 5.99. The highest BCUT2D eigenvalue weighted by Crippen LogP contribution is 2.38. The largest absolute Gasteiger partial charge is 0.494 e. The summed E-state index contributed by atoms with van der Waals surface area (Å²) in [5.41, 5.74) is 4.99. The fourth-order valence-electron chi connectivity index (χ4n) is 4.19. The van der Waals surface area contributed by atoms with Crippen molar-refractivity contribution in [2.24, 2.45) is 14.1 Å². The molecule has 38 heavy (non-hydrogen) atoms. The summed E-state index contributed by atoms with van der Waals surface area (Å²) >= 11 is 0. The molecule has 0 spiro atoms. The van der Waals surface area contributed by atoms with Crippen molar-refractivity contribution in [2.75, 3.05) is 30.1 Å². The van der Waals surface area contributed by atoms with E-state index in [1.165, 1.54) is 10.9 Å². The molecule has 5 aromatic rings. The molecule has 0 aliphatic carbocycles. The van der Waals surface area contributed by atoms with Crippen molar-refractivity contribution in [3.8, 4) is 28.4 Å². The quantitative estimate of drug-likeness (QED) is 0.267. The second-order valence-electron chi connectivity index (χ2n) is 8.40. The molecule has 0 bridgehead atoms. The molecule has 0 aliphatic rings. The van der Waals surface area contributed by atoms with E-state index < -0.39 is 0 Å². The maximum absolute atomic E-state index is 12.0. The third-order valence-corrected chi connectivity index (χ3v) is 5.99. The Morgan fingerprint density at radius 2 is 1.92 bits per heavy atom. The number of aromatic nitrogens is 7. The van der Waals surface area contributed by atoms with Crippen molar-refractivity contribution >= 4 is 39.8 Å². The zero-order valence-electron chi connectivity index (χ0n) is 21.4. The first-order valence-corrected chi connectivity index (χ1v) is 11.7. The highest BCUT2D eigenvalue weighted by molar-refractivity contribution is 6.02. The summed E-state index contributed by atoms with van der Waals surface area (Å²) in [6, 6.07) is 11.6. The summed E-state index contributed by atoms with van der Waals surface area (Å²) in [5.74, 6) is 0.915. The SMILES string of the molecule is C=CC(=O)Nc1cc(Nc2ncc(-c3nnn(C)n3)c(-c3cn(C)c4ccccc34)n2)c(OC)cc1NC. The standard InChI is InChI=1S/C26H26N10O2/c1-6-23(37)29-19-11-20(22(38-5)12-18(19)27-2)30-26-28-13-16(25-32-34-36(4)33-25)24(31-26)17-14-35(3)21-10-8-7-9-15(17)21/h6-14,27H,1H2,2-5H3,(H,29,37)(H,28,30,31). The van der Waals surface area contributed by atoms with Crippen LogP contribution in [-0.2, 0) is 18.9 Å². The van der Waals surface area contributed by atoms with Crippen LogP contribution in [0.3, 0.4) is 0 Å². The number of tetrazole rings is 1. The Bertz CT molecular complexity index is 1670. The number of anilines is 4. The molecule has 3 N–H and O–H groups in total. The monoisotopic (exact) mass is 510 g/mol. The molecule has 0 saturated heterocycles. The molecule has 3 aromatic heterocycles. The molecule has 0 fully saturated rings. The van der Waals surface area contributed by atoms with Crippen molar-refractivity contribution in [3.63, 3.8) is 0 Å². The smallest absolute Gasteiger partial charge is 0.247 e. The summed E-state index contributed by atoms with van der Waals surface area (Å²) in [5, 5.41) is 22.7. The number of amides is 1. The molecule has 0 radical (unpaired) electrons. The van der Waals surface area contributed by atoms with Gasteiger partial charge in [0.15, 0.2) is 0 Å². The van der Waals surface area contributed by atoms with Crippen LogP contribution in [0.1, 0.15) is 0 Å². The van der Waals surface area contributed by atoms with Crippen LogP contribution in [0.2, 0.25) is 0 Å². The number of nitrogens with one attached hydrogen (secondary N) is 3. The number of methoxy groups -OCH3 is 1. The summed E-state index contributed by atoms with van der Waals surface area (Å²) in [7, 11) is 7.01. The van der Waals surface area contributed by atoms with E-state index in [1.54, 1.807) is 39.5 Å². The number of hydrogen-bond donors (Lipinski definition) is 3. The molecule has 3 heterocycles. The number of aryl methyl sites for hydroxylation is 2. The molecule has 0 saturated carbocycles. The van der Waals surface area contributed by atoms with E-state index in [0.29, 0.717) is 45.8 Å². The van der Waals surface area contributed by atoms with E-state index in [1.807, 2.05) is 42.1 Å². The van der Waals surface area contributed by atoms with Gasteiger partial charge in [-0.1, -0.05) is 24.8 Å². The molecular weight excluding hydrogens is 484 g/mol. The number of rotatable bonds is 8. The average molecular weight is 511 g/mol. The van der Waals surface area contributed by atoms with Gasteiger partial charge in [-0.2, -0.15) is 4.80 Å². The normalized spacial score (nSPS) is 10.8. The fourth-order valence-corrected chi connectivity index (χ4v) is 4.19. The molecule has 2 aromatic carbocycles. The molecule has 0 unspecified atom stereocenters. The first-order valence-electron chi connectivity index (χ1n) is 11.7. The lowest BCUT2D eigenvalue weighted by Crippen LogP contribution is -2.10. The Labute approximate surface area is 218 Å². The van der Waals surface area contributed by atoms with Gasteiger partial charge in [-0.15, -0.1) is 10.2 Å². The van der Waals surface area contributed by atoms with Crippen molar-refractivity contribution in [1.29, 1.82) is 0 Å². The minimum absolute atomic E-state index is 0.317. The minimum Gasteiger partial charge on any atom is -0.494 e. The van der Waals surface area contributed by atoms with Crippen LogP contribution in [0.15, 0.2) is 61.4 Å². The Kier molecular flexibility index (Phi) is 6.44. The van der Waals surface area contributed by atoms with Gasteiger partial charge in [0.2, 0.25) is 17.7 Å². The Hall–Kier alpha value is -5.26. The van der Waals surface area contributed by atoms with Crippen LogP contribution in [0.5, 0.6) is 5.75 Å². The third kappa shape index (κ3) is 4.50. The second-order valence-corrected chi connectivity index (χ2v) is 8.40. The van der Waals surface area contributed by atoms with E-state index in [4.69, 9.17) is 9.72 Å². The second kappa shape index (κ2) is 10.0. The van der Waals surface area contributed by atoms with Gasteiger partial charge in [0.1, 0.15) is 5.75 Å². The Morgan fingerprint density at radius 3 is 2.63 bits per heavy atom. The molecule has 0 atom stereocenters. The molecule has 192 valence electrons. The highest BCUT2D eigenvalue weighted by Gasteiger charge is 2.20. The van der Waals surface area contributed by atoms with Gasteiger partial charge >= 0.3 is 0 Å². The number of carbonyl (C=O) groups is 1. The van der Waals surface area contributed by atoms with E-state index in [-0.39, 0.29) is 5.91 Å². The summed E-state index contributed by atoms with van der Waals surface area (Å²) < 4.78 is 7.64. The van der Waals surface area contributed by atoms with Gasteiger partial charge in [-0.25, -0.2) is 9.97 Å². The molecular formula is C26H26N10O2. The van der Waals surface area contributed by atoms with Crippen LogP contribution < -0.4 is 20.7 Å². The zero-order valence-corrected chi connectivity index (χ0v) is 21.4. The molecule has 12 nitrogen and oxygen atoms in total. The van der Waals surface area contributed by atoms with E-state index in [2.05, 4.69) is 42.9 Å². The highest BCUT2D eigenvalue weighted by atomic mass is 16.5. The number of carbonyl (C=O) groups excluding carboxylic acids is 1. The van der Waals surface area contributed by atoms with Crippen LogP contribution in [-0.4, -0.2) is 54.8 Å². The van der Waals surface area contributed by atoms with Gasteiger partial charge < -0.3 is 25.3 Å². The average Bonchev–Trinajstić information content (AvgIpc) is 3.51. The minimum atomic E-state index is -0.340. The zero-order chi connectivity index (χ0) is 26.8. The van der Waals surface area contributed by atoms with E-state index >= 15 is 0 Å². The Morgan fingerprint density at radius 1 is 1.11 bits per heavy atom. The van der Waals surface area contributed by atoms with Gasteiger partial charge in [0.05, 0.1) is 42.5 Å². The lowest BCUT2D eigenvalue weighted by molar-refractivity contribution is -0.111. The number of para-hydroxylation sites is 1. The van der Waals surface area contributed by atoms with Gasteiger partial charge in [-0.05, 0) is 23.4 Å². The summed E-state index contributed by atoms with van der Waals surface area (Å²) in [6.07, 6.45) is 4.88. The molecule has 12 heteroatoms. The first-order chi connectivity index (χ1) is 18.4. The number of benzene rings is 2. The summed E-state index contributed by atoms with van der Waals surface area (Å²) in [4.78, 5) is 22.8. The van der Waals surface area contributed by atoms with Crippen LogP contribution in [0, 0.1) is 0 Å². The van der Waals surface area contributed by atoms with Gasteiger partial charge in [0.25, 0.3) is 0 Å². The van der Waals surface area contributed by atoms with Crippen LogP contribution >= 0.6 is 0 Å². The van der Waals surface area contributed by atoms with Crippen molar-refractivity contribution in [2.45, 2.75) is 0 Å². The molecule has 5 rings (SSSR count). The van der Waals surface area contributed by atoms with Gasteiger partial charge in [-0.3, -0.25) is 4.79 Å². The van der Waals surface area contributed by atoms with Crippen molar-refractivity contribution in [3.05, 3.63) is 61.4 Å². The summed E-state index contributed by atoms with van der Waals surface area (Å²) in [6.45, 7) is 3.52. The first kappa shape index (κ1) is 24.4. The van der Waals surface area contributed by atoms with E-state index in [0.717, 1.165) is 16.5 Å². The van der Waals surface area contributed by atoms with Crippen LogP contribution in [0.4, 0.5) is 23.0 Å². The van der Waals surface area contributed by atoms with Crippen LogP contribution in [0.25, 0.3) is 33.5 Å².